The van der Waals surface area contributed by atoms with E-state index in [9.17, 15) is 9.59 Å². The molecular formula is C12H18N4O2S. The topological polar surface area (TPSA) is 74.3 Å². The van der Waals surface area contributed by atoms with E-state index < -0.39 is 0 Å². The van der Waals surface area contributed by atoms with Gasteiger partial charge in [-0.1, -0.05) is 6.08 Å². The van der Waals surface area contributed by atoms with Crippen molar-refractivity contribution in [3.05, 3.63) is 23.7 Å². The van der Waals surface area contributed by atoms with Crippen molar-refractivity contribution in [2.45, 2.75) is 13.8 Å². The molecule has 0 spiro atoms. The van der Waals surface area contributed by atoms with Crippen molar-refractivity contribution in [1.82, 2.24) is 15.2 Å². The lowest BCUT2D eigenvalue weighted by Crippen LogP contribution is -2.44. The van der Waals surface area contributed by atoms with Crippen molar-refractivity contribution in [3.63, 3.8) is 0 Å². The highest BCUT2D eigenvalue weighted by atomic mass is 32.1. The van der Waals surface area contributed by atoms with Crippen molar-refractivity contribution in [1.29, 1.82) is 0 Å². The normalized spacial score (nSPS) is 9.79. The van der Waals surface area contributed by atoms with Crippen molar-refractivity contribution >= 4 is 28.4 Å². The van der Waals surface area contributed by atoms with Gasteiger partial charge in [0.25, 0.3) is 0 Å². The summed E-state index contributed by atoms with van der Waals surface area (Å²) in [6.07, 6.45) is 3.27. The maximum Gasteiger partial charge on any atom is 0.318 e. The highest BCUT2D eigenvalue weighted by Crippen LogP contribution is 2.16. The summed E-state index contributed by atoms with van der Waals surface area (Å²) in [4.78, 5) is 29.9. The van der Waals surface area contributed by atoms with Gasteiger partial charge in [0, 0.05) is 24.2 Å². The lowest BCUT2D eigenvalue weighted by molar-refractivity contribution is -0.116. The van der Waals surface area contributed by atoms with Crippen LogP contribution in [0.1, 0.15) is 11.8 Å². The molecule has 19 heavy (non-hydrogen) atoms. The molecule has 2 N–H and O–H groups in total. The van der Waals surface area contributed by atoms with Crippen LogP contribution in [0, 0.1) is 6.92 Å². The molecule has 1 heterocycles. The van der Waals surface area contributed by atoms with E-state index in [1.807, 2.05) is 13.8 Å². The zero-order valence-corrected chi connectivity index (χ0v) is 11.9. The molecular weight excluding hydrogens is 264 g/mol. The Morgan fingerprint density at radius 3 is 2.84 bits per heavy atom. The van der Waals surface area contributed by atoms with E-state index >= 15 is 0 Å². The number of hydrogen-bond acceptors (Lipinski definition) is 4. The Bertz CT molecular complexity index is 458. The van der Waals surface area contributed by atoms with Gasteiger partial charge in [0.2, 0.25) is 5.91 Å². The van der Waals surface area contributed by atoms with Crippen molar-refractivity contribution < 1.29 is 9.59 Å². The molecule has 1 aromatic rings. The van der Waals surface area contributed by atoms with Gasteiger partial charge in [0.15, 0.2) is 5.13 Å². The fourth-order valence-corrected chi connectivity index (χ4v) is 2.06. The van der Waals surface area contributed by atoms with Crippen LogP contribution >= 0.6 is 11.3 Å². The van der Waals surface area contributed by atoms with Gasteiger partial charge >= 0.3 is 6.03 Å². The van der Waals surface area contributed by atoms with Crippen LogP contribution in [0.25, 0.3) is 0 Å². The maximum absolute atomic E-state index is 11.8. The lowest BCUT2D eigenvalue weighted by Gasteiger charge is -2.20. The number of aryl methyl sites for hydroxylation is 1. The Morgan fingerprint density at radius 2 is 2.32 bits per heavy atom. The first-order valence-corrected chi connectivity index (χ1v) is 6.74. The summed E-state index contributed by atoms with van der Waals surface area (Å²) in [6, 6.07) is -0.284. The van der Waals surface area contributed by atoms with Gasteiger partial charge in [-0.15, -0.1) is 17.9 Å². The molecule has 0 atom stereocenters. The highest BCUT2D eigenvalue weighted by Gasteiger charge is 2.15. The van der Waals surface area contributed by atoms with E-state index in [2.05, 4.69) is 22.2 Å². The van der Waals surface area contributed by atoms with Gasteiger partial charge in [-0.05, 0) is 13.8 Å². The van der Waals surface area contributed by atoms with Gasteiger partial charge in [-0.2, -0.15) is 0 Å². The Morgan fingerprint density at radius 1 is 1.58 bits per heavy atom. The summed E-state index contributed by atoms with van der Waals surface area (Å²) in [6.45, 7) is 8.10. The third kappa shape index (κ3) is 5.09. The zero-order valence-electron chi connectivity index (χ0n) is 11.1. The molecule has 0 saturated heterocycles. The van der Waals surface area contributed by atoms with Crippen molar-refractivity contribution in [3.8, 4) is 0 Å². The second kappa shape index (κ2) is 7.52. The van der Waals surface area contributed by atoms with E-state index in [0.29, 0.717) is 18.2 Å². The monoisotopic (exact) mass is 282 g/mol. The predicted octanol–water partition coefficient (Wildman–Crippen LogP) is 1.61. The van der Waals surface area contributed by atoms with E-state index in [1.54, 1.807) is 12.3 Å². The molecule has 7 heteroatoms. The minimum Gasteiger partial charge on any atom is -0.338 e. The minimum absolute atomic E-state index is 0.0313. The zero-order chi connectivity index (χ0) is 14.3. The molecule has 0 bridgehead atoms. The van der Waals surface area contributed by atoms with Gasteiger partial charge < -0.3 is 15.5 Å². The number of anilines is 1. The van der Waals surface area contributed by atoms with Gasteiger partial charge in [-0.25, -0.2) is 9.78 Å². The standard InChI is InChI=1S/C12H18N4O2S/c1-4-6-16(12(18)13-5-2)8-10(17)15-11-14-7-9(3)19-11/h4,7H,1,5-6,8H2,2-3H3,(H,13,18)(H,14,15,17). The minimum atomic E-state index is -0.284. The van der Waals surface area contributed by atoms with Crippen molar-refractivity contribution in [2.75, 3.05) is 25.0 Å². The van der Waals surface area contributed by atoms with Crippen LogP contribution in [0.15, 0.2) is 18.9 Å². The first kappa shape index (κ1) is 15.2. The Kier molecular flexibility index (Phi) is 6.01. The Hall–Kier alpha value is -1.89. The van der Waals surface area contributed by atoms with Gasteiger partial charge in [-0.3, -0.25) is 4.79 Å². The number of nitrogens with zero attached hydrogens (tertiary/aromatic N) is 2. The van der Waals surface area contributed by atoms with Gasteiger partial charge in [0.1, 0.15) is 6.54 Å². The molecule has 0 radical (unpaired) electrons. The average molecular weight is 282 g/mol. The summed E-state index contributed by atoms with van der Waals surface area (Å²) in [5, 5.41) is 5.85. The second-order valence-corrected chi connectivity index (χ2v) is 5.06. The molecule has 0 aliphatic heterocycles. The number of nitrogens with one attached hydrogen (secondary N) is 2. The SMILES string of the molecule is C=CCN(CC(=O)Nc1ncc(C)s1)C(=O)NCC. The number of thiazole rings is 1. The summed E-state index contributed by atoms with van der Waals surface area (Å²) in [5.41, 5.74) is 0. The summed E-state index contributed by atoms with van der Waals surface area (Å²) >= 11 is 1.39. The third-order valence-electron chi connectivity index (χ3n) is 2.17. The van der Waals surface area contributed by atoms with Crippen LogP contribution in [0.3, 0.4) is 0 Å². The molecule has 0 fully saturated rings. The largest absolute Gasteiger partial charge is 0.338 e. The van der Waals surface area contributed by atoms with Crippen LogP contribution in [0.2, 0.25) is 0 Å². The van der Waals surface area contributed by atoms with Crippen molar-refractivity contribution in [2.24, 2.45) is 0 Å². The second-order valence-electron chi connectivity index (χ2n) is 3.83. The first-order chi connectivity index (χ1) is 9.06. The van der Waals surface area contributed by atoms with E-state index in [0.717, 1.165) is 4.88 Å². The molecule has 0 aromatic carbocycles. The van der Waals surface area contributed by atoms with E-state index in [1.165, 1.54) is 16.2 Å². The summed E-state index contributed by atoms with van der Waals surface area (Å²) < 4.78 is 0. The summed E-state index contributed by atoms with van der Waals surface area (Å²) in [7, 11) is 0. The number of urea groups is 1. The molecule has 104 valence electrons. The van der Waals surface area contributed by atoms with Crippen LogP contribution in [-0.4, -0.2) is 41.5 Å². The highest BCUT2D eigenvalue weighted by molar-refractivity contribution is 7.15. The molecule has 3 amide bonds. The maximum atomic E-state index is 11.8. The fourth-order valence-electron chi connectivity index (χ4n) is 1.38. The first-order valence-electron chi connectivity index (χ1n) is 5.92. The lowest BCUT2D eigenvalue weighted by atomic mass is 10.4. The number of carbonyl (C=O) groups excluding carboxylic acids is 2. The average Bonchev–Trinajstić information content (AvgIpc) is 2.74. The smallest absolute Gasteiger partial charge is 0.318 e. The van der Waals surface area contributed by atoms with E-state index in [4.69, 9.17) is 0 Å². The number of rotatable bonds is 6. The molecule has 0 aliphatic carbocycles. The van der Waals surface area contributed by atoms with E-state index in [-0.39, 0.29) is 18.5 Å². The molecule has 1 aromatic heterocycles. The predicted molar refractivity (Wildman–Crippen MR) is 76.3 cm³/mol. The van der Waals surface area contributed by atoms with Gasteiger partial charge in [0.05, 0.1) is 0 Å². The number of carbonyl (C=O) groups is 2. The number of hydrogen-bond donors (Lipinski definition) is 2. The molecule has 0 unspecified atom stereocenters. The molecule has 0 aliphatic rings. The fraction of sp³-hybridized carbons (Fsp3) is 0.417. The van der Waals surface area contributed by atoms with Crippen LogP contribution in [0.5, 0.6) is 0 Å². The van der Waals surface area contributed by atoms with Crippen LogP contribution in [-0.2, 0) is 4.79 Å². The van der Waals surface area contributed by atoms with Crippen LogP contribution in [0.4, 0.5) is 9.93 Å². The number of aromatic nitrogens is 1. The number of amides is 3. The quantitative estimate of drug-likeness (QED) is 0.778. The molecule has 1 rings (SSSR count). The third-order valence-corrected chi connectivity index (χ3v) is 2.99. The Labute approximate surface area is 116 Å². The Balaban J connectivity index is 2.55. The molecule has 0 saturated carbocycles. The van der Waals surface area contributed by atoms with Crippen LogP contribution < -0.4 is 10.6 Å². The molecule has 6 nitrogen and oxygen atoms in total. The summed E-state index contributed by atoms with van der Waals surface area (Å²) in [5.74, 6) is -0.276.